The summed E-state index contributed by atoms with van der Waals surface area (Å²) in [5.41, 5.74) is 6.17. The van der Waals surface area contributed by atoms with Crippen LogP contribution in [0.25, 0.3) is 0 Å². The largest absolute Gasteiger partial charge is 0.327 e. The van der Waals surface area contributed by atoms with Gasteiger partial charge < -0.3 is 5.73 Å². The van der Waals surface area contributed by atoms with E-state index in [2.05, 4.69) is 6.92 Å². The predicted molar refractivity (Wildman–Crippen MR) is 69.1 cm³/mol. The molecule has 92 valence electrons. The lowest BCUT2D eigenvalue weighted by molar-refractivity contribution is -0.387. The number of hydrogen-bond donors (Lipinski definition) is 1. The third-order valence-electron chi connectivity index (χ3n) is 3.39. The lowest BCUT2D eigenvalue weighted by atomic mass is 10.1. The predicted octanol–water partition coefficient (Wildman–Crippen LogP) is 2.81. The Kier molecular flexibility index (Phi) is 3.69. The number of hydrogen-bond acceptors (Lipinski definition) is 4. The minimum Gasteiger partial charge on any atom is -0.327 e. The number of thioether (sulfide) groups is 1. The molecule has 0 amide bonds. The smallest absolute Gasteiger partial charge is 0.282 e. The Balaban J connectivity index is 2.16. The van der Waals surface area contributed by atoms with Crippen LogP contribution in [0.1, 0.15) is 19.8 Å². The van der Waals surface area contributed by atoms with Crippen LogP contribution in [-0.4, -0.2) is 16.2 Å². The summed E-state index contributed by atoms with van der Waals surface area (Å²) in [6, 6.07) is 7.15. The second-order valence-electron chi connectivity index (χ2n) is 4.48. The van der Waals surface area contributed by atoms with Crippen molar-refractivity contribution in [2.75, 3.05) is 0 Å². The van der Waals surface area contributed by atoms with Crippen molar-refractivity contribution in [2.45, 2.75) is 36.0 Å². The van der Waals surface area contributed by atoms with Crippen LogP contribution in [0, 0.1) is 16.0 Å². The van der Waals surface area contributed by atoms with E-state index in [4.69, 9.17) is 5.73 Å². The van der Waals surface area contributed by atoms with Crippen molar-refractivity contribution in [2.24, 2.45) is 11.7 Å². The first-order valence-electron chi connectivity index (χ1n) is 5.75. The van der Waals surface area contributed by atoms with Gasteiger partial charge in [-0.3, -0.25) is 10.1 Å². The average Bonchev–Trinajstić information content (AvgIpc) is 2.61. The summed E-state index contributed by atoms with van der Waals surface area (Å²) < 4.78 is 0. The molecule has 1 aliphatic rings. The molecule has 0 spiro atoms. The van der Waals surface area contributed by atoms with Gasteiger partial charge in [-0.25, -0.2) is 0 Å². The Labute approximate surface area is 105 Å². The molecule has 1 aromatic carbocycles. The van der Waals surface area contributed by atoms with Gasteiger partial charge in [0.2, 0.25) is 0 Å². The van der Waals surface area contributed by atoms with E-state index in [9.17, 15) is 10.1 Å². The Bertz CT molecular complexity index is 425. The number of rotatable bonds is 3. The van der Waals surface area contributed by atoms with Crippen molar-refractivity contribution < 1.29 is 4.92 Å². The molecular formula is C12H16N2O2S. The Morgan fingerprint density at radius 2 is 2.12 bits per heavy atom. The van der Waals surface area contributed by atoms with Crippen molar-refractivity contribution in [3.63, 3.8) is 0 Å². The summed E-state index contributed by atoms with van der Waals surface area (Å²) in [7, 11) is 0. The first-order chi connectivity index (χ1) is 8.09. The van der Waals surface area contributed by atoms with Gasteiger partial charge in [0.25, 0.3) is 5.69 Å². The van der Waals surface area contributed by atoms with Crippen molar-refractivity contribution in [3.05, 3.63) is 34.4 Å². The van der Waals surface area contributed by atoms with E-state index in [0.717, 1.165) is 17.7 Å². The summed E-state index contributed by atoms with van der Waals surface area (Å²) in [4.78, 5) is 11.3. The Hall–Kier alpha value is -1.07. The Morgan fingerprint density at radius 1 is 1.41 bits per heavy atom. The molecular weight excluding hydrogens is 236 g/mol. The van der Waals surface area contributed by atoms with Gasteiger partial charge in [0.15, 0.2) is 0 Å². The zero-order valence-corrected chi connectivity index (χ0v) is 10.5. The van der Waals surface area contributed by atoms with Crippen molar-refractivity contribution in [3.8, 4) is 0 Å². The van der Waals surface area contributed by atoms with Gasteiger partial charge in [0.05, 0.1) is 9.82 Å². The fraction of sp³-hybridized carbons (Fsp3) is 0.500. The highest BCUT2D eigenvalue weighted by Gasteiger charge is 2.32. The van der Waals surface area contributed by atoms with Gasteiger partial charge in [-0.15, -0.1) is 11.8 Å². The van der Waals surface area contributed by atoms with Crippen molar-refractivity contribution in [1.29, 1.82) is 0 Å². The third kappa shape index (κ3) is 2.61. The van der Waals surface area contributed by atoms with Gasteiger partial charge in [0.1, 0.15) is 0 Å². The number of nitro groups is 1. The fourth-order valence-electron chi connectivity index (χ4n) is 2.20. The van der Waals surface area contributed by atoms with Gasteiger partial charge in [0, 0.05) is 17.4 Å². The van der Waals surface area contributed by atoms with Crippen molar-refractivity contribution in [1.82, 2.24) is 0 Å². The van der Waals surface area contributed by atoms with Crippen LogP contribution < -0.4 is 5.73 Å². The highest BCUT2D eigenvalue weighted by molar-refractivity contribution is 8.00. The molecule has 0 radical (unpaired) electrons. The van der Waals surface area contributed by atoms with Gasteiger partial charge >= 0.3 is 0 Å². The summed E-state index contributed by atoms with van der Waals surface area (Å²) in [5, 5.41) is 11.3. The minimum atomic E-state index is -0.318. The van der Waals surface area contributed by atoms with Crippen LogP contribution in [0.15, 0.2) is 29.2 Å². The molecule has 1 saturated carbocycles. The van der Waals surface area contributed by atoms with E-state index in [1.807, 2.05) is 12.1 Å². The molecule has 3 atom stereocenters. The molecule has 2 rings (SSSR count). The maximum absolute atomic E-state index is 10.9. The van der Waals surface area contributed by atoms with Crippen LogP contribution in [0.2, 0.25) is 0 Å². The van der Waals surface area contributed by atoms with E-state index in [1.165, 1.54) is 0 Å². The average molecular weight is 252 g/mol. The normalized spacial score (nSPS) is 28.2. The second-order valence-corrected chi connectivity index (χ2v) is 5.76. The first-order valence-corrected chi connectivity index (χ1v) is 6.63. The van der Waals surface area contributed by atoms with E-state index in [0.29, 0.717) is 11.2 Å². The van der Waals surface area contributed by atoms with Gasteiger partial charge in [-0.1, -0.05) is 19.1 Å². The monoisotopic (exact) mass is 252 g/mol. The second kappa shape index (κ2) is 5.06. The molecule has 0 saturated heterocycles. The molecule has 0 aromatic heterocycles. The summed E-state index contributed by atoms with van der Waals surface area (Å²) in [6.07, 6.45) is 2.05. The standard InChI is InChI=1S/C12H16N2O2S/c1-8-9(13)6-7-11(8)17-12-5-3-2-4-10(12)14(15)16/h2-5,8-9,11H,6-7,13H2,1H3. The number of benzene rings is 1. The molecule has 1 aliphatic carbocycles. The maximum Gasteiger partial charge on any atom is 0.282 e. The molecule has 0 aliphatic heterocycles. The van der Waals surface area contributed by atoms with Crippen LogP contribution in [-0.2, 0) is 0 Å². The zero-order chi connectivity index (χ0) is 12.4. The molecule has 1 aromatic rings. The highest BCUT2D eigenvalue weighted by Crippen LogP contribution is 2.41. The molecule has 0 bridgehead atoms. The third-order valence-corrected chi connectivity index (χ3v) is 4.95. The number of nitrogens with zero attached hydrogens (tertiary/aromatic N) is 1. The number of nitrogens with two attached hydrogens (primary N) is 1. The summed E-state index contributed by atoms with van der Waals surface area (Å²) >= 11 is 1.60. The highest BCUT2D eigenvalue weighted by atomic mass is 32.2. The molecule has 3 unspecified atom stereocenters. The zero-order valence-electron chi connectivity index (χ0n) is 9.70. The first kappa shape index (κ1) is 12.4. The molecule has 4 nitrogen and oxygen atoms in total. The fourth-order valence-corrected chi connectivity index (χ4v) is 3.61. The van der Waals surface area contributed by atoms with Crippen LogP contribution in [0.4, 0.5) is 5.69 Å². The molecule has 1 fully saturated rings. The van der Waals surface area contributed by atoms with E-state index >= 15 is 0 Å². The SMILES string of the molecule is CC1C(N)CCC1Sc1ccccc1[N+](=O)[O-]. The molecule has 17 heavy (non-hydrogen) atoms. The van der Waals surface area contributed by atoms with Crippen LogP contribution in [0.3, 0.4) is 0 Å². The molecule has 5 heteroatoms. The quantitative estimate of drug-likeness (QED) is 0.663. The Morgan fingerprint density at radius 3 is 2.71 bits per heavy atom. The van der Waals surface area contributed by atoms with Crippen molar-refractivity contribution >= 4 is 17.4 Å². The topological polar surface area (TPSA) is 69.2 Å². The van der Waals surface area contributed by atoms with E-state index < -0.39 is 0 Å². The molecule has 2 N–H and O–H groups in total. The van der Waals surface area contributed by atoms with Gasteiger partial charge in [-0.2, -0.15) is 0 Å². The van der Waals surface area contributed by atoms with Crippen LogP contribution >= 0.6 is 11.8 Å². The lowest BCUT2D eigenvalue weighted by Gasteiger charge is -2.17. The van der Waals surface area contributed by atoms with E-state index in [-0.39, 0.29) is 16.7 Å². The minimum absolute atomic E-state index is 0.199. The van der Waals surface area contributed by atoms with Crippen LogP contribution in [0.5, 0.6) is 0 Å². The number of nitro benzene ring substituents is 1. The number of para-hydroxylation sites is 1. The summed E-state index contributed by atoms with van der Waals surface area (Å²) in [6.45, 7) is 2.13. The maximum atomic E-state index is 10.9. The van der Waals surface area contributed by atoms with E-state index in [1.54, 1.807) is 23.9 Å². The lowest BCUT2D eigenvalue weighted by Crippen LogP contribution is -2.26. The molecule has 0 heterocycles. The summed E-state index contributed by atoms with van der Waals surface area (Å²) in [5.74, 6) is 0.416. The van der Waals surface area contributed by atoms with Gasteiger partial charge in [-0.05, 0) is 24.8 Å².